The van der Waals surface area contributed by atoms with E-state index in [0.717, 1.165) is 11.8 Å². The van der Waals surface area contributed by atoms with E-state index in [0.29, 0.717) is 17.5 Å². The van der Waals surface area contributed by atoms with Gasteiger partial charge in [-0.3, -0.25) is 4.90 Å². The zero-order chi connectivity index (χ0) is 14.0. The first-order valence-electron chi connectivity index (χ1n) is 8.51. The number of hydrogen-bond donors (Lipinski definition) is 1. The molecule has 4 unspecified atom stereocenters. The fraction of sp³-hybridized carbons (Fsp3) is 1.00. The molecule has 1 saturated heterocycles. The van der Waals surface area contributed by atoms with E-state index in [4.69, 9.17) is 5.73 Å². The minimum atomic E-state index is 0.398. The summed E-state index contributed by atoms with van der Waals surface area (Å²) in [6, 6.07) is 1.04. The van der Waals surface area contributed by atoms with Crippen LogP contribution in [0, 0.1) is 17.3 Å². The monoisotopic (exact) mass is 266 g/mol. The third kappa shape index (κ3) is 3.16. The van der Waals surface area contributed by atoms with Crippen molar-refractivity contribution in [1.29, 1.82) is 0 Å². The predicted molar refractivity (Wildman–Crippen MR) is 83.1 cm³/mol. The van der Waals surface area contributed by atoms with Crippen LogP contribution >= 0.6 is 0 Å². The molecule has 112 valence electrons. The highest BCUT2D eigenvalue weighted by Gasteiger charge is 2.39. The Morgan fingerprint density at radius 2 is 1.63 bits per heavy atom. The Kier molecular flexibility index (Phi) is 4.94. The van der Waals surface area contributed by atoms with Crippen molar-refractivity contribution in [3.63, 3.8) is 0 Å². The molecular weight excluding hydrogens is 232 g/mol. The first-order valence-corrected chi connectivity index (χ1v) is 8.51. The largest absolute Gasteiger partial charge is 0.326 e. The summed E-state index contributed by atoms with van der Waals surface area (Å²) in [6.07, 6.45) is 8.04. The first kappa shape index (κ1) is 15.3. The maximum atomic E-state index is 6.48. The van der Waals surface area contributed by atoms with Crippen molar-refractivity contribution in [2.24, 2.45) is 23.0 Å². The Bertz CT molecular complexity index is 263. The Morgan fingerprint density at radius 1 is 1.05 bits per heavy atom. The van der Waals surface area contributed by atoms with Crippen molar-refractivity contribution >= 4 is 0 Å². The van der Waals surface area contributed by atoms with Crippen molar-refractivity contribution in [2.75, 3.05) is 13.1 Å². The van der Waals surface area contributed by atoms with Gasteiger partial charge in [-0.05, 0) is 56.0 Å². The molecule has 1 aliphatic heterocycles. The topological polar surface area (TPSA) is 29.3 Å². The number of rotatable bonds is 3. The van der Waals surface area contributed by atoms with E-state index in [2.05, 4.69) is 32.6 Å². The fourth-order valence-electron chi connectivity index (χ4n) is 4.78. The van der Waals surface area contributed by atoms with Crippen LogP contribution in [-0.2, 0) is 0 Å². The van der Waals surface area contributed by atoms with Gasteiger partial charge in [-0.2, -0.15) is 0 Å². The molecule has 1 aliphatic carbocycles. The lowest BCUT2D eigenvalue weighted by Crippen LogP contribution is -2.57. The smallest absolute Gasteiger partial charge is 0.0272 e. The minimum absolute atomic E-state index is 0.398. The van der Waals surface area contributed by atoms with Gasteiger partial charge in [0.2, 0.25) is 0 Å². The van der Waals surface area contributed by atoms with Crippen LogP contribution in [0.15, 0.2) is 0 Å². The molecule has 4 atom stereocenters. The molecule has 19 heavy (non-hydrogen) atoms. The number of hydrogen-bond acceptors (Lipinski definition) is 2. The summed E-state index contributed by atoms with van der Waals surface area (Å²) in [5.74, 6) is 1.59. The van der Waals surface area contributed by atoms with Gasteiger partial charge in [0.15, 0.2) is 0 Å². The average Bonchev–Trinajstić information content (AvgIpc) is 2.39. The second-order valence-electron chi connectivity index (χ2n) is 7.45. The Morgan fingerprint density at radius 3 is 2.11 bits per heavy atom. The number of likely N-dealkylation sites (tertiary alicyclic amines) is 1. The Labute approximate surface area is 120 Å². The van der Waals surface area contributed by atoms with Gasteiger partial charge in [-0.25, -0.2) is 0 Å². The van der Waals surface area contributed by atoms with Gasteiger partial charge in [-0.15, -0.1) is 0 Å². The highest BCUT2D eigenvalue weighted by atomic mass is 15.2. The first-order chi connectivity index (χ1) is 9.01. The summed E-state index contributed by atoms with van der Waals surface area (Å²) in [7, 11) is 0. The van der Waals surface area contributed by atoms with E-state index < -0.39 is 0 Å². The van der Waals surface area contributed by atoms with Gasteiger partial charge >= 0.3 is 0 Å². The molecule has 0 aromatic carbocycles. The second kappa shape index (κ2) is 6.13. The van der Waals surface area contributed by atoms with Gasteiger partial charge < -0.3 is 5.73 Å². The molecule has 0 aromatic heterocycles. The van der Waals surface area contributed by atoms with Crippen LogP contribution in [-0.4, -0.2) is 30.1 Å². The van der Waals surface area contributed by atoms with Crippen LogP contribution in [0.5, 0.6) is 0 Å². The summed E-state index contributed by atoms with van der Waals surface area (Å²) >= 11 is 0. The summed E-state index contributed by atoms with van der Waals surface area (Å²) in [4.78, 5) is 2.73. The third-order valence-corrected chi connectivity index (χ3v) is 6.25. The summed E-state index contributed by atoms with van der Waals surface area (Å²) in [5, 5.41) is 0. The third-order valence-electron chi connectivity index (χ3n) is 6.25. The van der Waals surface area contributed by atoms with Crippen molar-refractivity contribution in [3.8, 4) is 0 Å². The molecule has 0 spiro atoms. The molecule has 1 saturated carbocycles. The molecule has 2 rings (SSSR count). The summed E-state index contributed by atoms with van der Waals surface area (Å²) < 4.78 is 0. The van der Waals surface area contributed by atoms with Gasteiger partial charge in [0.05, 0.1) is 0 Å². The molecule has 0 bridgehead atoms. The lowest BCUT2D eigenvalue weighted by molar-refractivity contribution is 0.0161. The molecule has 0 radical (unpaired) electrons. The van der Waals surface area contributed by atoms with Crippen LogP contribution in [0.4, 0.5) is 0 Å². The number of piperidine rings is 1. The van der Waals surface area contributed by atoms with Crippen LogP contribution in [0.25, 0.3) is 0 Å². The standard InChI is InChI=1S/C17H34N2/c1-5-17(6-2)7-9-19(10-8-17)16-14(4)11-13(3)12-15(16)18/h13-16H,5-12,18H2,1-4H3. The van der Waals surface area contributed by atoms with E-state index in [1.807, 2.05) is 0 Å². The summed E-state index contributed by atoms with van der Waals surface area (Å²) in [6.45, 7) is 12.1. The molecule has 2 heteroatoms. The van der Waals surface area contributed by atoms with Gasteiger partial charge in [0, 0.05) is 12.1 Å². The van der Waals surface area contributed by atoms with E-state index in [1.165, 1.54) is 51.6 Å². The van der Waals surface area contributed by atoms with E-state index in [-0.39, 0.29) is 0 Å². The van der Waals surface area contributed by atoms with Crippen LogP contribution in [0.1, 0.15) is 66.2 Å². The normalized spacial score (nSPS) is 40.3. The van der Waals surface area contributed by atoms with Gasteiger partial charge in [0.25, 0.3) is 0 Å². The van der Waals surface area contributed by atoms with Crippen molar-refractivity contribution < 1.29 is 0 Å². The molecular formula is C17H34N2. The molecule has 0 amide bonds. The predicted octanol–water partition coefficient (Wildman–Crippen LogP) is 3.65. The molecule has 0 aromatic rings. The molecule has 2 N–H and O–H groups in total. The highest BCUT2D eigenvalue weighted by Crippen LogP contribution is 2.40. The Balaban J connectivity index is 1.97. The molecule has 2 fully saturated rings. The molecule has 1 heterocycles. The van der Waals surface area contributed by atoms with Crippen LogP contribution < -0.4 is 5.73 Å². The maximum Gasteiger partial charge on any atom is 0.0272 e. The molecule has 2 aliphatic rings. The summed E-state index contributed by atoms with van der Waals surface area (Å²) in [5.41, 5.74) is 7.11. The quantitative estimate of drug-likeness (QED) is 0.845. The van der Waals surface area contributed by atoms with Crippen LogP contribution in [0.3, 0.4) is 0 Å². The van der Waals surface area contributed by atoms with E-state index in [1.54, 1.807) is 0 Å². The number of nitrogens with zero attached hydrogens (tertiary/aromatic N) is 1. The van der Waals surface area contributed by atoms with Crippen molar-refractivity contribution in [1.82, 2.24) is 4.90 Å². The Hall–Kier alpha value is -0.0800. The van der Waals surface area contributed by atoms with Crippen molar-refractivity contribution in [2.45, 2.75) is 78.3 Å². The maximum absolute atomic E-state index is 6.48. The van der Waals surface area contributed by atoms with Crippen molar-refractivity contribution in [3.05, 3.63) is 0 Å². The van der Waals surface area contributed by atoms with Crippen LogP contribution in [0.2, 0.25) is 0 Å². The molecule has 2 nitrogen and oxygen atoms in total. The minimum Gasteiger partial charge on any atom is -0.326 e. The highest BCUT2D eigenvalue weighted by molar-refractivity contribution is 4.95. The van der Waals surface area contributed by atoms with E-state index in [9.17, 15) is 0 Å². The zero-order valence-electron chi connectivity index (χ0n) is 13.5. The van der Waals surface area contributed by atoms with Gasteiger partial charge in [-0.1, -0.05) is 40.5 Å². The zero-order valence-corrected chi connectivity index (χ0v) is 13.5. The number of nitrogens with two attached hydrogens (primary N) is 1. The lowest BCUT2D eigenvalue weighted by Gasteiger charge is -2.49. The van der Waals surface area contributed by atoms with Gasteiger partial charge in [0.1, 0.15) is 0 Å². The average molecular weight is 266 g/mol. The SMILES string of the molecule is CCC1(CC)CCN(C2C(C)CC(C)CC2N)CC1. The van der Waals surface area contributed by atoms with E-state index >= 15 is 0 Å². The fourth-order valence-corrected chi connectivity index (χ4v) is 4.78. The lowest BCUT2D eigenvalue weighted by atomic mass is 9.71. The second-order valence-corrected chi connectivity index (χ2v) is 7.45.